The monoisotopic (exact) mass is 230 g/mol. The zero-order valence-electron chi connectivity index (χ0n) is 9.88. The molecule has 2 atom stereocenters. The summed E-state index contributed by atoms with van der Waals surface area (Å²) in [5.41, 5.74) is 1.71. The third-order valence-corrected chi connectivity index (χ3v) is 2.75. The van der Waals surface area contributed by atoms with E-state index in [1.165, 1.54) is 6.08 Å². The Labute approximate surface area is 100 Å². The molecule has 88 valence electrons. The van der Waals surface area contributed by atoms with Crippen molar-refractivity contribution in [1.82, 2.24) is 0 Å². The van der Waals surface area contributed by atoms with Crippen molar-refractivity contribution in [2.24, 2.45) is 15.9 Å². The molecule has 0 bridgehead atoms. The van der Waals surface area contributed by atoms with Gasteiger partial charge in [-0.3, -0.25) is 0 Å². The number of benzene rings is 1. The van der Waals surface area contributed by atoms with E-state index in [4.69, 9.17) is 0 Å². The highest BCUT2D eigenvalue weighted by Crippen LogP contribution is 2.17. The van der Waals surface area contributed by atoms with Crippen LogP contribution in [0.3, 0.4) is 0 Å². The SMILES string of the molecule is CC(N=C=O)[C@@H](C)Cc1ccc(N=C=O)cc1. The zero-order chi connectivity index (χ0) is 12.7. The summed E-state index contributed by atoms with van der Waals surface area (Å²) in [7, 11) is 0. The van der Waals surface area contributed by atoms with Crippen molar-refractivity contribution < 1.29 is 9.59 Å². The lowest BCUT2D eigenvalue weighted by atomic mass is 9.95. The number of hydrogen-bond acceptors (Lipinski definition) is 4. The minimum Gasteiger partial charge on any atom is -0.211 e. The van der Waals surface area contributed by atoms with Crippen molar-refractivity contribution in [2.75, 3.05) is 0 Å². The van der Waals surface area contributed by atoms with Crippen LogP contribution in [0.25, 0.3) is 0 Å². The predicted octanol–water partition coefficient (Wildman–Crippen LogP) is 2.56. The Bertz CT molecular complexity index is 455. The average Bonchev–Trinajstić information content (AvgIpc) is 2.32. The predicted molar refractivity (Wildman–Crippen MR) is 64.7 cm³/mol. The van der Waals surface area contributed by atoms with Crippen LogP contribution in [0.4, 0.5) is 5.69 Å². The van der Waals surface area contributed by atoms with Gasteiger partial charge in [-0.1, -0.05) is 19.1 Å². The van der Waals surface area contributed by atoms with E-state index < -0.39 is 0 Å². The molecule has 1 rings (SSSR count). The van der Waals surface area contributed by atoms with E-state index in [0.717, 1.165) is 12.0 Å². The van der Waals surface area contributed by atoms with Crippen molar-refractivity contribution in [2.45, 2.75) is 26.3 Å². The molecule has 0 saturated heterocycles. The van der Waals surface area contributed by atoms with Crippen molar-refractivity contribution in [3.63, 3.8) is 0 Å². The number of carbonyl (C=O) groups excluding carboxylic acids is 2. The highest BCUT2D eigenvalue weighted by Gasteiger charge is 2.11. The maximum atomic E-state index is 10.1. The first-order chi connectivity index (χ1) is 8.17. The molecule has 0 aliphatic carbocycles. The van der Waals surface area contributed by atoms with Crippen LogP contribution < -0.4 is 0 Å². The molecule has 0 N–H and O–H groups in total. The molecule has 0 aliphatic heterocycles. The molecule has 0 aromatic heterocycles. The van der Waals surface area contributed by atoms with Gasteiger partial charge < -0.3 is 0 Å². The number of aliphatic imine (C=N–C) groups is 2. The lowest BCUT2D eigenvalue weighted by Crippen LogP contribution is -2.13. The van der Waals surface area contributed by atoms with Crippen LogP contribution >= 0.6 is 0 Å². The van der Waals surface area contributed by atoms with E-state index in [9.17, 15) is 9.59 Å². The van der Waals surface area contributed by atoms with Crippen molar-refractivity contribution in [3.8, 4) is 0 Å². The van der Waals surface area contributed by atoms with Crippen LogP contribution in [-0.2, 0) is 16.0 Å². The molecule has 0 fully saturated rings. The van der Waals surface area contributed by atoms with Crippen molar-refractivity contribution in [3.05, 3.63) is 29.8 Å². The van der Waals surface area contributed by atoms with Crippen molar-refractivity contribution >= 4 is 17.8 Å². The summed E-state index contributed by atoms with van der Waals surface area (Å²) < 4.78 is 0. The summed E-state index contributed by atoms with van der Waals surface area (Å²) >= 11 is 0. The summed E-state index contributed by atoms with van der Waals surface area (Å²) in [5, 5.41) is 0. The topological polar surface area (TPSA) is 58.9 Å². The standard InChI is InChI=1S/C13H14N2O2/c1-10(11(2)14-8-16)7-12-3-5-13(6-4-12)15-9-17/h3-6,10-11H,7H2,1-2H3/t10-,11?/m0/s1. The van der Waals surface area contributed by atoms with Gasteiger partial charge in [-0.05, 0) is 37.0 Å². The maximum Gasteiger partial charge on any atom is 0.240 e. The Hall–Kier alpha value is -2.02. The highest BCUT2D eigenvalue weighted by molar-refractivity contribution is 5.49. The molecule has 4 heteroatoms. The van der Waals surface area contributed by atoms with E-state index in [1.807, 2.05) is 26.0 Å². The lowest BCUT2D eigenvalue weighted by Gasteiger charge is -2.14. The van der Waals surface area contributed by atoms with E-state index in [2.05, 4.69) is 9.98 Å². The van der Waals surface area contributed by atoms with Gasteiger partial charge in [-0.25, -0.2) is 14.6 Å². The normalized spacial score (nSPS) is 13.1. The van der Waals surface area contributed by atoms with Gasteiger partial charge >= 0.3 is 0 Å². The fourth-order valence-electron chi connectivity index (χ4n) is 1.51. The maximum absolute atomic E-state index is 10.1. The largest absolute Gasteiger partial charge is 0.240 e. The van der Waals surface area contributed by atoms with E-state index in [-0.39, 0.29) is 12.0 Å². The third kappa shape index (κ3) is 4.15. The molecule has 0 spiro atoms. The second kappa shape index (κ2) is 6.54. The number of hydrogen-bond donors (Lipinski definition) is 0. The van der Waals surface area contributed by atoms with Gasteiger partial charge in [-0.15, -0.1) is 0 Å². The number of isocyanates is 2. The molecule has 4 nitrogen and oxygen atoms in total. The fourth-order valence-corrected chi connectivity index (χ4v) is 1.51. The second-order valence-electron chi connectivity index (χ2n) is 4.01. The molecular formula is C13H14N2O2. The summed E-state index contributed by atoms with van der Waals surface area (Å²) in [6, 6.07) is 7.30. The Balaban J connectivity index is 2.68. The zero-order valence-corrected chi connectivity index (χ0v) is 9.88. The van der Waals surface area contributed by atoms with Gasteiger partial charge in [0.25, 0.3) is 0 Å². The van der Waals surface area contributed by atoms with Gasteiger partial charge in [0.05, 0.1) is 11.7 Å². The second-order valence-corrected chi connectivity index (χ2v) is 4.01. The summed E-state index contributed by atoms with van der Waals surface area (Å²) in [5.74, 6) is 0.261. The summed E-state index contributed by atoms with van der Waals surface area (Å²) in [6.45, 7) is 3.92. The summed E-state index contributed by atoms with van der Waals surface area (Å²) in [4.78, 5) is 27.4. The van der Waals surface area contributed by atoms with Gasteiger partial charge in [0.15, 0.2) is 0 Å². The molecule has 1 unspecified atom stereocenters. The van der Waals surface area contributed by atoms with Crippen LogP contribution in [0.2, 0.25) is 0 Å². The minimum atomic E-state index is -0.0415. The third-order valence-electron chi connectivity index (χ3n) is 2.75. The quantitative estimate of drug-likeness (QED) is 0.576. The van der Waals surface area contributed by atoms with Gasteiger partial charge in [-0.2, -0.15) is 4.99 Å². The van der Waals surface area contributed by atoms with Gasteiger partial charge in [0, 0.05) is 0 Å². The minimum absolute atomic E-state index is 0.0415. The first-order valence-corrected chi connectivity index (χ1v) is 5.41. The molecule has 0 saturated carbocycles. The Morgan fingerprint density at radius 2 is 1.76 bits per heavy atom. The average molecular weight is 230 g/mol. The van der Waals surface area contributed by atoms with E-state index in [0.29, 0.717) is 5.69 Å². The van der Waals surface area contributed by atoms with Crippen LogP contribution in [0.1, 0.15) is 19.4 Å². The highest BCUT2D eigenvalue weighted by atomic mass is 16.1. The molecule has 0 aliphatic rings. The first-order valence-electron chi connectivity index (χ1n) is 5.41. The van der Waals surface area contributed by atoms with E-state index in [1.54, 1.807) is 18.2 Å². The Morgan fingerprint density at radius 1 is 1.12 bits per heavy atom. The lowest BCUT2D eigenvalue weighted by molar-refractivity contribution is 0.476. The first kappa shape index (κ1) is 13.0. The molecule has 0 radical (unpaired) electrons. The Kier molecular flexibility index (Phi) is 5.02. The molecular weight excluding hydrogens is 216 g/mol. The fraction of sp³-hybridized carbons (Fsp3) is 0.385. The Morgan fingerprint density at radius 3 is 2.29 bits per heavy atom. The van der Waals surface area contributed by atoms with Crippen molar-refractivity contribution in [1.29, 1.82) is 0 Å². The molecule has 0 amide bonds. The molecule has 17 heavy (non-hydrogen) atoms. The number of rotatable bonds is 5. The molecule has 0 heterocycles. The smallest absolute Gasteiger partial charge is 0.211 e. The van der Waals surface area contributed by atoms with Crippen LogP contribution in [0, 0.1) is 5.92 Å². The van der Waals surface area contributed by atoms with Gasteiger partial charge in [0.1, 0.15) is 0 Å². The van der Waals surface area contributed by atoms with Gasteiger partial charge in [0.2, 0.25) is 12.2 Å². The van der Waals surface area contributed by atoms with Crippen LogP contribution in [0.5, 0.6) is 0 Å². The summed E-state index contributed by atoms with van der Waals surface area (Å²) in [6.07, 6.45) is 3.89. The number of nitrogens with zero attached hydrogens (tertiary/aromatic N) is 2. The van der Waals surface area contributed by atoms with E-state index >= 15 is 0 Å². The van der Waals surface area contributed by atoms with Crippen LogP contribution in [-0.4, -0.2) is 18.2 Å². The molecule has 1 aromatic carbocycles. The molecule has 1 aromatic rings. The van der Waals surface area contributed by atoms with Crippen LogP contribution in [0.15, 0.2) is 34.3 Å².